The molecule has 1 aliphatic carbocycles. The van der Waals surface area contributed by atoms with Gasteiger partial charge in [0, 0.05) is 25.8 Å². The lowest BCUT2D eigenvalue weighted by molar-refractivity contribution is -0.0601. The van der Waals surface area contributed by atoms with Gasteiger partial charge in [0.05, 0.1) is 46.0 Å². The zero-order valence-corrected chi connectivity index (χ0v) is 20.8. The lowest BCUT2D eigenvalue weighted by Gasteiger charge is -2.28. The molecule has 3 aromatic heterocycles. The Kier molecular flexibility index (Phi) is 7.02. The van der Waals surface area contributed by atoms with Crippen LogP contribution in [0.25, 0.3) is 20.8 Å². The zero-order valence-electron chi connectivity index (χ0n) is 20.0. The van der Waals surface area contributed by atoms with Gasteiger partial charge < -0.3 is 30.7 Å². The van der Waals surface area contributed by atoms with Crippen LogP contribution in [-0.4, -0.2) is 79.4 Å². The van der Waals surface area contributed by atoms with Crippen LogP contribution >= 0.6 is 11.3 Å². The number of ether oxygens (including phenoxy) is 1. The van der Waals surface area contributed by atoms with E-state index in [0.717, 1.165) is 26.5 Å². The van der Waals surface area contributed by atoms with E-state index in [4.69, 9.17) is 14.7 Å². The second-order valence-electron chi connectivity index (χ2n) is 9.27. The molecule has 4 atom stereocenters. The summed E-state index contributed by atoms with van der Waals surface area (Å²) in [6.45, 7) is 8.13. The number of nitrogens with one attached hydrogen (secondary N) is 2. The first-order valence-electron chi connectivity index (χ1n) is 11.3. The molecule has 0 unspecified atom stereocenters. The van der Waals surface area contributed by atoms with Crippen molar-refractivity contribution in [2.24, 2.45) is 5.92 Å². The van der Waals surface area contributed by atoms with Gasteiger partial charge >= 0.3 is 0 Å². The van der Waals surface area contributed by atoms with Crippen molar-refractivity contribution in [3.8, 4) is 10.6 Å². The molecule has 1 saturated carbocycles. The van der Waals surface area contributed by atoms with Crippen LogP contribution in [0.2, 0.25) is 0 Å². The largest absolute Gasteiger partial charge is 0.390 e. The molecule has 1 fully saturated rings. The van der Waals surface area contributed by atoms with Gasteiger partial charge in [0.1, 0.15) is 22.4 Å². The van der Waals surface area contributed by atoms with E-state index in [-0.39, 0.29) is 0 Å². The van der Waals surface area contributed by atoms with Gasteiger partial charge in [-0.25, -0.2) is 9.97 Å². The Balaban J connectivity index is 1.75. The number of pyridine rings is 1. The summed E-state index contributed by atoms with van der Waals surface area (Å²) >= 11 is 1.52. The lowest BCUT2D eigenvalue weighted by atomic mass is 9.88. The lowest BCUT2D eigenvalue weighted by Crippen LogP contribution is -2.40. The van der Waals surface area contributed by atoms with Gasteiger partial charge in [-0.3, -0.25) is 4.98 Å². The van der Waals surface area contributed by atoms with Crippen molar-refractivity contribution >= 4 is 33.3 Å². The molecule has 3 heterocycles. The van der Waals surface area contributed by atoms with Crippen molar-refractivity contribution < 1.29 is 20.1 Å². The molecule has 0 aromatic carbocycles. The summed E-state index contributed by atoms with van der Waals surface area (Å²) in [5.74, 6) is 0.443. The van der Waals surface area contributed by atoms with Crippen LogP contribution in [0.4, 0.5) is 11.8 Å². The van der Waals surface area contributed by atoms with Crippen molar-refractivity contribution in [3.63, 3.8) is 0 Å². The quantitative estimate of drug-likeness (QED) is 0.299. The average Bonchev–Trinajstić information content (AvgIpc) is 3.31. The molecule has 0 amide bonds. The molecule has 0 saturated heterocycles. The monoisotopic (exact) mass is 488 g/mol. The van der Waals surface area contributed by atoms with Crippen LogP contribution in [0.3, 0.4) is 0 Å². The minimum atomic E-state index is -1.13. The fourth-order valence-electron chi connectivity index (χ4n) is 4.42. The highest BCUT2D eigenvalue weighted by Gasteiger charge is 2.47. The van der Waals surface area contributed by atoms with E-state index in [1.165, 1.54) is 11.3 Å². The van der Waals surface area contributed by atoms with Crippen LogP contribution in [0.5, 0.6) is 0 Å². The van der Waals surface area contributed by atoms with Crippen LogP contribution in [0, 0.1) is 19.8 Å². The van der Waals surface area contributed by atoms with Crippen molar-refractivity contribution in [2.75, 3.05) is 30.9 Å². The Labute approximate surface area is 202 Å². The van der Waals surface area contributed by atoms with Gasteiger partial charge in [0.25, 0.3) is 0 Å². The molecule has 0 spiro atoms. The molecule has 5 N–H and O–H groups in total. The number of anilines is 2. The summed E-state index contributed by atoms with van der Waals surface area (Å²) in [6, 6.07) is 1.42. The van der Waals surface area contributed by atoms with Gasteiger partial charge in [-0.1, -0.05) is 0 Å². The Morgan fingerprint density at radius 2 is 1.91 bits per heavy atom. The van der Waals surface area contributed by atoms with E-state index in [9.17, 15) is 15.3 Å². The maximum Gasteiger partial charge on any atom is 0.224 e. The number of aliphatic hydroxyl groups excluding tert-OH is 2. The standard InChI is InChI=1S/C23H32N6O4S/c1-11-16(21-28-17-12(2)24-7-6-15(17)34-21)20(29-22(26-11)25-8-9-33-5)27-14-10-13(23(3,4)32)18(30)19(14)31/h6-7,13-14,18-19,30-32H,8-10H2,1-5H3,(H2,25,26,27,29)/t13-,14+,18+,19-/m0/s1. The highest BCUT2D eigenvalue weighted by Crippen LogP contribution is 2.40. The number of hydrogen-bond acceptors (Lipinski definition) is 11. The Morgan fingerprint density at radius 1 is 1.15 bits per heavy atom. The maximum atomic E-state index is 10.8. The van der Waals surface area contributed by atoms with E-state index in [1.54, 1.807) is 27.2 Å². The molecule has 11 heteroatoms. The van der Waals surface area contributed by atoms with E-state index in [1.807, 2.05) is 19.9 Å². The van der Waals surface area contributed by atoms with Crippen molar-refractivity contribution in [1.82, 2.24) is 19.9 Å². The summed E-state index contributed by atoms with van der Waals surface area (Å²) in [5.41, 5.74) is 1.98. The highest BCUT2D eigenvalue weighted by molar-refractivity contribution is 7.21. The number of nitrogens with zero attached hydrogens (tertiary/aromatic N) is 4. The van der Waals surface area contributed by atoms with Gasteiger partial charge in [-0.15, -0.1) is 11.3 Å². The fraction of sp³-hybridized carbons (Fsp3) is 0.565. The first kappa shape index (κ1) is 24.7. The number of thiazole rings is 1. The molecule has 0 bridgehead atoms. The summed E-state index contributed by atoms with van der Waals surface area (Å²) in [5, 5.41) is 39.0. The zero-order chi connectivity index (χ0) is 24.6. The Hall–Kier alpha value is -2.44. The minimum Gasteiger partial charge on any atom is -0.390 e. The average molecular weight is 489 g/mol. The van der Waals surface area contributed by atoms with Crippen LogP contribution in [0.1, 0.15) is 31.7 Å². The SMILES string of the molecule is COCCNc1nc(C)c(-c2nc3c(C)nccc3s2)c(N[C@@H]2C[C@H](C(C)(C)O)[C@@H](O)[C@H]2O)n1. The number of aryl methyl sites for hydroxylation is 2. The number of methoxy groups -OCH3 is 1. The van der Waals surface area contributed by atoms with Gasteiger partial charge in [0.15, 0.2) is 0 Å². The van der Waals surface area contributed by atoms with Crippen molar-refractivity contribution in [2.45, 2.75) is 58.0 Å². The summed E-state index contributed by atoms with van der Waals surface area (Å²) in [4.78, 5) is 18.5. The predicted molar refractivity (Wildman–Crippen MR) is 132 cm³/mol. The molecular weight excluding hydrogens is 456 g/mol. The second kappa shape index (κ2) is 9.67. The van der Waals surface area contributed by atoms with E-state index in [0.29, 0.717) is 37.0 Å². The molecule has 0 radical (unpaired) electrons. The van der Waals surface area contributed by atoms with E-state index in [2.05, 4.69) is 20.6 Å². The third-order valence-corrected chi connectivity index (χ3v) is 7.33. The van der Waals surface area contributed by atoms with E-state index >= 15 is 0 Å². The molecule has 1 aliphatic rings. The minimum absolute atomic E-state index is 0.379. The number of hydrogen-bond donors (Lipinski definition) is 5. The Morgan fingerprint density at radius 3 is 2.56 bits per heavy atom. The molecule has 0 aliphatic heterocycles. The maximum absolute atomic E-state index is 10.8. The Bertz CT molecular complexity index is 1160. The first-order valence-corrected chi connectivity index (χ1v) is 12.1. The predicted octanol–water partition coefficient (Wildman–Crippen LogP) is 2.12. The van der Waals surface area contributed by atoms with Gasteiger partial charge in [-0.2, -0.15) is 4.98 Å². The number of rotatable bonds is 8. The third kappa shape index (κ3) is 4.84. The van der Waals surface area contributed by atoms with Crippen LogP contribution in [0.15, 0.2) is 12.3 Å². The second-order valence-corrected chi connectivity index (χ2v) is 10.3. The molecular formula is C23H32N6O4S. The van der Waals surface area contributed by atoms with Gasteiger partial charge in [0.2, 0.25) is 5.95 Å². The summed E-state index contributed by atoms with van der Waals surface area (Å²) in [6.07, 6.45) is 0.0207. The van der Waals surface area contributed by atoms with Crippen molar-refractivity contribution in [3.05, 3.63) is 23.7 Å². The normalized spacial score (nSPS) is 22.9. The first-order chi connectivity index (χ1) is 16.1. The molecule has 4 rings (SSSR count). The van der Waals surface area contributed by atoms with Gasteiger partial charge in [-0.05, 0) is 40.2 Å². The number of aliphatic hydroxyl groups is 3. The summed E-state index contributed by atoms with van der Waals surface area (Å²) < 4.78 is 6.11. The fourth-order valence-corrected chi connectivity index (χ4v) is 5.53. The third-order valence-electron chi connectivity index (χ3n) is 6.30. The number of fused-ring (bicyclic) bond motifs is 1. The molecule has 3 aromatic rings. The topological polar surface area (TPSA) is 146 Å². The highest BCUT2D eigenvalue weighted by atomic mass is 32.1. The smallest absolute Gasteiger partial charge is 0.224 e. The van der Waals surface area contributed by atoms with Crippen LogP contribution in [-0.2, 0) is 4.74 Å². The van der Waals surface area contributed by atoms with Crippen molar-refractivity contribution in [1.29, 1.82) is 0 Å². The molecule has 184 valence electrons. The molecule has 10 nitrogen and oxygen atoms in total. The summed E-state index contributed by atoms with van der Waals surface area (Å²) in [7, 11) is 1.62. The van der Waals surface area contributed by atoms with Crippen LogP contribution < -0.4 is 10.6 Å². The van der Waals surface area contributed by atoms with E-state index < -0.39 is 29.8 Å². The molecule has 34 heavy (non-hydrogen) atoms. The number of aromatic nitrogens is 4.